The number of methoxy groups -OCH3 is 2. The molecule has 0 saturated heterocycles. The van der Waals surface area contributed by atoms with Crippen LogP contribution in [0.1, 0.15) is 18.4 Å². The Morgan fingerprint density at radius 3 is 2.49 bits per heavy atom. The van der Waals surface area contributed by atoms with Crippen LogP contribution in [0.5, 0.6) is 11.5 Å². The van der Waals surface area contributed by atoms with E-state index in [9.17, 15) is 4.79 Å². The molecule has 1 fully saturated rings. The van der Waals surface area contributed by atoms with E-state index in [0.29, 0.717) is 46.8 Å². The lowest BCUT2D eigenvalue weighted by Crippen LogP contribution is -2.29. The molecule has 1 heterocycles. The fourth-order valence-electron chi connectivity index (χ4n) is 4.12. The number of rotatable bonds is 14. The number of benzene rings is 2. The zero-order valence-corrected chi connectivity index (χ0v) is 23.0. The fraction of sp³-hybridized carbons (Fsp3) is 0.357. The van der Waals surface area contributed by atoms with Gasteiger partial charge in [-0.05, 0) is 57.3 Å². The van der Waals surface area contributed by atoms with Crippen LogP contribution in [0.25, 0.3) is 0 Å². The van der Waals surface area contributed by atoms with Crippen molar-refractivity contribution in [2.24, 2.45) is 5.92 Å². The van der Waals surface area contributed by atoms with Crippen molar-refractivity contribution in [3.63, 3.8) is 0 Å². The molecule has 1 aromatic heterocycles. The van der Waals surface area contributed by atoms with Crippen LogP contribution in [0.2, 0.25) is 0 Å². The molecule has 4 N–H and O–H groups in total. The Labute approximate surface area is 229 Å². The molecular formula is C28H36N8O3. The van der Waals surface area contributed by atoms with Crippen LogP contribution in [0, 0.1) is 11.3 Å². The van der Waals surface area contributed by atoms with Crippen molar-refractivity contribution in [1.29, 1.82) is 5.41 Å². The molecule has 11 nitrogen and oxygen atoms in total. The number of aromatic nitrogens is 2. The fourth-order valence-corrected chi connectivity index (χ4v) is 4.12. The van der Waals surface area contributed by atoms with Gasteiger partial charge < -0.3 is 40.6 Å². The zero-order chi connectivity index (χ0) is 27.9. The highest BCUT2D eigenvalue weighted by molar-refractivity contribution is 6.06. The number of hydrogen-bond donors (Lipinski definition) is 4. The number of likely N-dealkylation sites (N-methyl/N-ethyl adjacent to an activating group) is 2. The summed E-state index contributed by atoms with van der Waals surface area (Å²) in [6, 6.07) is 11.1. The van der Waals surface area contributed by atoms with Crippen LogP contribution >= 0.6 is 0 Å². The molecule has 0 unspecified atom stereocenters. The van der Waals surface area contributed by atoms with Crippen LogP contribution in [0.15, 0.2) is 42.6 Å². The molecule has 1 saturated carbocycles. The highest BCUT2D eigenvalue weighted by Crippen LogP contribution is 2.38. The van der Waals surface area contributed by atoms with E-state index in [1.54, 1.807) is 32.5 Å². The second-order valence-electron chi connectivity index (χ2n) is 9.67. The third-order valence-electron chi connectivity index (χ3n) is 6.49. The van der Waals surface area contributed by atoms with Crippen molar-refractivity contribution in [2.45, 2.75) is 12.8 Å². The van der Waals surface area contributed by atoms with E-state index in [1.165, 1.54) is 0 Å². The van der Waals surface area contributed by atoms with E-state index in [0.717, 1.165) is 42.9 Å². The first kappa shape index (κ1) is 27.6. The molecule has 2 aromatic carbocycles. The number of carbonyl (C=O) groups excluding carboxylic acids is 1. The van der Waals surface area contributed by atoms with Gasteiger partial charge in [0.25, 0.3) is 0 Å². The highest BCUT2D eigenvalue weighted by atomic mass is 16.5. The summed E-state index contributed by atoms with van der Waals surface area (Å²) in [7, 11) is 9.21. The lowest BCUT2D eigenvalue weighted by atomic mass is 10.0. The van der Waals surface area contributed by atoms with Crippen molar-refractivity contribution in [2.75, 3.05) is 69.3 Å². The van der Waals surface area contributed by atoms with E-state index in [-0.39, 0.29) is 5.92 Å². The summed E-state index contributed by atoms with van der Waals surface area (Å²) in [6.07, 6.45) is 4.36. The predicted octanol–water partition coefficient (Wildman–Crippen LogP) is 4.32. The largest absolute Gasteiger partial charge is 0.497 e. The number of hydrogen-bond acceptors (Lipinski definition) is 10. The molecule has 0 radical (unpaired) electrons. The van der Waals surface area contributed by atoms with Gasteiger partial charge >= 0.3 is 0 Å². The Morgan fingerprint density at radius 1 is 1.03 bits per heavy atom. The average Bonchev–Trinajstić information content (AvgIpc) is 3.78. The molecule has 1 aliphatic carbocycles. The summed E-state index contributed by atoms with van der Waals surface area (Å²) >= 11 is 0. The van der Waals surface area contributed by atoms with Crippen LogP contribution < -0.4 is 30.3 Å². The summed E-state index contributed by atoms with van der Waals surface area (Å²) < 4.78 is 11.1. The normalized spacial score (nSPS) is 12.6. The van der Waals surface area contributed by atoms with Crippen molar-refractivity contribution in [3.05, 3.63) is 48.2 Å². The SMILES string of the molecule is COc1ccc(Nc2ccnc(Nc3cc(NC=O)c(N(C)CCN(C)C)cc3OC)n2)c(C(=N)C2CC2)c1. The van der Waals surface area contributed by atoms with Crippen molar-refractivity contribution in [3.8, 4) is 11.5 Å². The minimum atomic E-state index is 0.284. The molecule has 206 valence electrons. The maximum Gasteiger partial charge on any atom is 0.229 e. The van der Waals surface area contributed by atoms with Gasteiger partial charge in [-0.1, -0.05) is 0 Å². The number of nitrogens with zero attached hydrogens (tertiary/aromatic N) is 4. The van der Waals surface area contributed by atoms with Gasteiger partial charge in [0, 0.05) is 55.3 Å². The average molecular weight is 533 g/mol. The summed E-state index contributed by atoms with van der Waals surface area (Å²) in [5, 5.41) is 18.0. The number of anilines is 6. The second-order valence-corrected chi connectivity index (χ2v) is 9.67. The summed E-state index contributed by atoms with van der Waals surface area (Å²) in [5.74, 6) is 2.47. The van der Waals surface area contributed by atoms with Crippen LogP contribution in [0.4, 0.5) is 34.5 Å². The minimum absolute atomic E-state index is 0.284. The van der Waals surface area contributed by atoms with E-state index in [1.807, 2.05) is 45.4 Å². The van der Waals surface area contributed by atoms with Gasteiger partial charge in [0.2, 0.25) is 12.4 Å². The van der Waals surface area contributed by atoms with E-state index < -0.39 is 0 Å². The Hall–Kier alpha value is -4.38. The maximum atomic E-state index is 11.4. The number of amides is 1. The molecular weight excluding hydrogens is 496 g/mol. The Balaban J connectivity index is 1.59. The van der Waals surface area contributed by atoms with Gasteiger partial charge in [-0.2, -0.15) is 4.98 Å². The topological polar surface area (TPSA) is 128 Å². The zero-order valence-electron chi connectivity index (χ0n) is 23.0. The van der Waals surface area contributed by atoms with Gasteiger partial charge in [0.05, 0.1) is 31.3 Å². The quantitative estimate of drug-likeness (QED) is 0.177. The van der Waals surface area contributed by atoms with E-state index in [2.05, 4.69) is 35.7 Å². The van der Waals surface area contributed by atoms with Crippen LogP contribution in [0.3, 0.4) is 0 Å². The molecule has 0 bridgehead atoms. The molecule has 0 spiro atoms. The lowest BCUT2D eigenvalue weighted by molar-refractivity contribution is -0.105. The van der Waals surface area contributed by atoms with Crippen molar-refractivity contribution >= 4 is 46.6 Å². The number of ether oxygens (including phenoxy) is 2. The van der Waals surface area contributed by atoms with Gasteiger partial charge in [-0.3, -0.25) is 4.79 Å². The van der Waals surface area contributed by atoms with Gasteiger partial charge in [0.15, 0.2) is 0 Å². The van der Waals surface area contributed by atoms with Gasteiger partial charge in [-0.25, -0.2) is 4.98 Å². The standard InChI is InChI=1S/C28H36N8O3/c1-35(2)12-13-36(3)24-16-25(39-5)23(15-22(24)31-17-37)33-28-30-11-10-26(34-28)32-21-9-8-19(38-4)14-20(21)27(29)18-6-7-18/h8-11,14-18,29H,6-7,12-13H2,1-5H3,(H,31,37)(H2,30,32,33,34). The first-order valence-electron chi connectivity index (χ1n) is 12.7. The number of nitrogens with one attached hydrogen (secondary N) is 4. The Morgan fingerprint density at radius 2 is 1.82 bits per heavy atom. The molecule has 39 heavy (non-hydrogen) atoms. The molecule has 0 atom stereocenters. The van der Waals surface area contributed by atoms with Crippen LogP contribution in [-0.2, 0) is 4.79 Å². The molecule has 1 aliphatic rings. The first-order chi connectivity index (χ1) is 18.8. The summed E-state index contributed by atoms with van der Waals surface area (Å²) in [4.78, 5) is 24.5. The monoisotopic (exact) mass is 532 g/mol. The van der Waals surface area contributed by atoms with Crippen molar-refractivity contribution in [1.82, 2.24) is 14.9 Å². The number of carbonyl (C=O) groups is 1. The van der Waals surface area contributed by atoms with Crippen LogP contribution in [-0.4, -0.2) is 75.4 Å². The Bertz CT molecular complexity index is 1330. The molecule has 1 amide bonds. The first-order valence-corrected chi connectivity index (χ1v) is 12.7. The van der Waals surface area contributed by atoms with Crippen molar-refractivity contribution < 1.29 is 14.3 Å². The minimum Gasteiger partial charge on any atom is -0.497 e. The molecule has 0 aliphatic heterocycles. The maximum absolute atomic E-state index is 11.4. The second kappa shape index (κ2) is 12.4. The summed E-state index contributed by atoms with van der Waals surface area (Å²) in [5.41, 5.74) is 4.23. The predicted molar refractivity (Wildman–Crippen MR) is 156 cm³/mol. The highest BCUT2D eigenvalue weighted by Gasteiger charge is 2.29. The van der Waals surface area contributed by atoms with Gasteiger partial charge in [-0.15, -0.1) is 0 Å². The van der Waals surface area contributed by atoms with E-state index >= 15 is 0 Å². The third-order valence-corrected chi connectivity index (χ3v) is 6.49. The Kier molecular flexibility index (Phi) is 8.82. The molecule has 3 aromatic rings. The smallest absolute Gasteiger partial charge is 0.229 e. The van der Waals surface area contributed by atoms with E-state index in [4.69, 9.17) is 14.9 Å². The lowest BCUT2D eigenvalue weighted by Gasteiger charge is -2.25. The summed E-state index contributed by atoms with van der Waals surface area (Å²) in [6.45, 7) is 1.61. The third kappa shape index (κ3) is 6.94. The molecule has 11 heteroatoms. The van der Waals surface area contributed by atoms with Gasteiger partial charge in [0.1, 0.15) is 17.3 Å². The molecule has 4 rings (SSSR count).